The fraction of sp³-hybridized carbons (Fsp3) is 0.787. The molecule has 0 aromatic heterocycles. The van der Waals surface area contributed by atoms with Gasteiger partial charge in [-0.25, -0.2) is 4.57 Å². The van der Waals surface area contributed by atoms with Crippen LogP contribution in [-0.2, 0) is 32.7 Å². The molecule has 0 radical (unpaired) electrons. The van der Waals surface area contributed by atoms with Crippen molar-refractivity contribution in [1.29, 1.82) is 0 Å². The lowest BCUT2D eigenvalue weighted by Gasteiger charge is -2.41. The van der Waals surface area contributed by atoms with Crippen molar-refractivity contribution in [2.75, 3.05) is 13.2 Å². The van der Waals surface area contributed by atoms with E-state index in [0.717, 1.165) is 44.9 Å². The number of aliphatic hydroxyl groups is 8. The van der Waals surface area contributed by atoms with E-state index in [-0.39, 0.29) is 25.7 Å². The van der Waals surface area contributed by atoms with E-state index >= 15 is 0 Å². The van der Waals surface area contributed by atoms with Crippen LogP contribution in [0.2, 0.25) is 0 Å². The smallest absolute Gasteiger partial charge is 0.462 e. The van der Waals surface area contributed by atoms with E-state index in [1.807, 2.05) is 0 Å². The highest BCUT2D eigenvalue weighted by Gasteiger charge is 2.51. The molecule has 9 atom stereocenters. The zero-order valence-corrected chi connectivity index (χ0v) is 39.3. The molecular weight excluding hydrogens is 851 g/mol. The van der Waals surface area contributed by atoms with Crippen LogP contribution in [0.25, 0.3) is 0 Å². The molecule has 9 N–H and O–H groups in total. The maximum Gasteiger partial charge on any atom is 0.472 e. The van der Waals surface area contributed by atoms with Gasteiger partial charge in [0.25, 0.3) is 0 Å². The third kappa shape index (κ3) is 28.7. The minimum absolute atomic E-state index is 0.00311. The van der Waals surface area contributed by atoms with Crippen LogP contribution in [0.3, 0.4) is 0 Å². The Labute approximate surface area is 381 Å². The number of phosphoric acid groups is 1. The van der Waals surface area contributed by atoms with E-state index < -0.39 is 94.0 Å². The summed E-state index contributed by atoms with van der Waals surface area (Å²) in [5, 5.41) is 80.8. The van der Waals surface area contributed by atoms with Gasteiger partial charge in [0, 0.05) is 12.8 Å². The predicted octanol–water partition coefficient (Wildman–Crippen LogP) is 6.08. The SMILES string of the molecule is CCCCCCCCCCCCCCCCCC(=O)OCC(COP(=O)(O)OC1C(O)C(O)C(O)C(O)C1O)OC(=O)CCCC(O)C(O)\C=C/C=C\C=C\C=C/C(O)CCCCC. The Morgan fingerprint density at radius 2 is 1.00 bits per heavy atom. The molecule has 0 bridgehead atoms. The number of ether oxygens (including phenoxy) is 2. The summed E-state index contributed by atoms with van der Waals surface area (Å²) >= 11 is 0. The Balaban J connectivity index is 2.61. The van der Waals surface area contributed by atoms with Crippen LogP contribution in [0.15, 0.2) is 48.6 Å². The predicted molar refractivity (Wildman–Crippen MR) is 244 cm³/mol. The van der Waals surface area contributed by atoms with Gasteiger partial charge in [-0.15, -0.1) is 0 Å². The first-order valence-corrected chi connectivity index (χ1v) is 25.3. The number of esters is 2. The van der Waals surface area contributed by atoms with E-state index in [2.05, 4.69) is 13.8 Å². The molecule has 1 saturated carbocycles. The van der Waals surface area contributed by atoms with Crippen LogP contribution in [0, 0.1) is 0 Å². The second-order valence-corrected chi connectivity index (χ2v) is 18.2. The number of unbranched alkanes of at least 4 members (excludes halogenated alkanes) is 16. The van der Waals surface area contributed by atoms with E-state index in [4.69, 9.17) is 18.5 Å². The van der Waals surface area contributed by atoms with E-state index in [0.29, 0.717) is 12.8 Å². The Bertz CT molecular complexity index is 1360. The molecule has 372 valence electrons. The average molecular weight is 935 g/mol. The molecule has 16 nitrogen and oxygen atoms in total. The third-order valence-corrected chi connectivity index (χ3v) is 12.0. The quantitative estimate of drug-likeness (QED) is 0.0147. The van der Waals surface area contributed by atoms with Crippen molar-refractivity contribution in [2.45, 2.75) is 223 Å². The van der Waals surface area contributed by atoms with Gasteiger partial charge in [0.1, 0.15) is 43.2 Å². The van der Waals surface area contributed by atoms with Gasteiger partial charge in [-0.3, -0.25) is 18.6 Å². The van der Waals surface area contributed by atoms with Crippen molar-refractivity contribution in [1.82, 2.24) is 0 Å². The number of hydrogen-bond donors (Lipinski definition) is 9. The minimum Gasteiger partial charge on any atom is -0.462 e. The monoisotopic (exact) mass is 935 g/mol. The summed E-state index contributed by atoms with van der Waals surface area (Å²) in [7, 11) is -5.22. The lowest BCUT2D eigenvalue weighted by Crippen LogP contribution is -2.64. The van der Waals surface area contributed by atoms with Gasteiger partial charge in [-0.2, -0.15) is 0 Å². The first-order valence-electron chi connectivity index (χ1n) is 23.8. The molecule has 1 aliphatic carbocycles. The maximum atomic E-state index is 12.8. The van der Waals surface area contributed by atoms with Crippen LogP contribution < -0.4 is 0 Å². The van der Waals surface area contributed by atoms with Crippen molar-refractivity contribution in [3.63, 3.8) is 0 Å². The first-order chi connectivity index (χ1) is 30.6. The molecule has 17 heteroatoms. The number of hydrogen-bond acceptors (Lipinski definition) is 15. The fourth-order valence-electron chi connectivity index (χ4n) is 7.02. The second-order valence-electron chi connectivity index (χ2n) is 16.8. The molecular formula is C47H83O16P. The molecule has 1 aliphatic rings. The Kier molecular flexibility index (Phi) is 34.3. The van der Waals surface area contributed by atoms with Crippen molar-refractivity contribution >= 4 is 19.8 Å². The fourth-order valence-corrected chi connectivity index (χ4v) is 8.00. The molecule has 0 heterocycles. The number of allylic oxidation sites excluding steroid dienone is 6. The Morgan fingerprint density at radius 3 is 1.55 bits per heavy atom. The Hall–Kier alpha value is -2.31. The number of carbonyl (C=O) groups excluding carboxylic acids is 2. The lowest BCUT2D eigenvalue weighted by molar-refractivity contribution is -0.220. The standard InChI is InChI=1S/C47H83O16P/c1-3-5-7-8-9-10-11-12-13-14-15-16-17-22-26-32-40(51)60-34-37(35-61-64(58,59)63-47-45(56)43(54)42(53)44(55)46(47)57)62-41(52)33-27-31-39(50)38(49)30-25-21-19-18-20-24-29-36(48)28-23-6-4-2/h18-21,24-25,29-30,36-39,42-50,53-57H,3-17,22-23,26-28,31-35H2,1-2H3,(H,58,59)/b20-18+,21-19-,29-24-,30-25-. The van der Waals surface area contributed by atoms with Crippen molar-refractivity contribution in [3.8, 4) is 0 Å². The van der Waals surface area contributed by atoms with Gasteiger partial charge in [0.2, 0.25) is 0 Å². The zero-order chi connectivity index (χ0) is 47.6. The number of rotatable bonds is 38. The normalized spacial score (nSPS) is 23.5. The molecule has 64 heavy (non-hydrogen) atoms. The van der Waals surface area contributed by atoms with Gasteiger partial charge in [-0.05, 0) is 25.7 Å². The van der Waals surface area contributed by atoms with Crippen LogP contribution in [0.1, 0.15) is 162 Å². The summed E-state index contributed by atoms with van der Waals surface area (Å²) in [5.74, 6) is -1.43. The number of phosphoric ester groups is 1. The minimum atomic E-state index is -5.22. The van der Waals surface area contributed by atoms with Crippen molar-refractivity contribution in [2.24, 2.45) is 0 Å². The van der Waals surface area contributed by atoms with Gasteiger partial charge < -0.3 is 55.2 Å². The molecule has 0 aromatic rings. The van der Waals surface area contributed by atoms with Gasteiger partial charge >= 0.3 is 19.8 Å². The van der Waals surface area contributed by atoms with Crippen LogP contribution in [-0.4, -0.2) is 132 Å². The Morgan fingerprint density at radius 1 is 0.547 bits per heavy atom. The van der Waals surface area contributed by atoms with Crippen LogP contribution in [0.4, 0.5) is 0 Å². The van der Waals surface area contributed by atoms with E-state index in [1.165, 1.54) is 70.3 Å². The van der Waals surface area contributed by atoms with E-state index in [9.17, 15) is 59.9 Å². The van der Waals surface area contributed by atoms with Gasteiger partial charge in [0.15, 0.2) is 6.10 Å². The summed E-state index contributed by atoms with van der Waals surface area (Å²) in [6.45, 7) is 2.91. The molecule has 0 spiro atoms. The van der Waals surface area contributed by atoms with Crippen molar-refractivity contribution in [3.05, 3.63) is 48.6 Å². The lowest BCUT2D eigenvalue weighted by atomic mass is 9.85. The molecule has 0 aromatic carbocycles. The average Bonchev–Trinajstić information content (AvgIpc) is 3.26. The highest BCUT2D eigenvalue weighted by molar-refractivity contribution is 7.47. The van der Waals surface area contributed by atoms with Gasteiger partial charge in [-0.1, -0.05) is 172 Å². The number of carbonyl (C=O) groups is 2. The molecule has 1 fully saturated rings. The third-order valence-electron chi connectivity index (χ3n) is 11.0. The second kappa shape index (κ2) is 36.8. The summed E-state index contributed by atoms with van der Waals surface area (Å²) in [4.78, 5) is 35.8. The summed E-state index contributed by atoms with van der Waals surface area (Å²) in [5.41, 5.74) is 0. The maximum absolute atomic E-state index is 12.8. The van der Waals surface area contributed by atoms with Crippen LogP contribution in [0.5, 0.6) is 0 Å². The topological polar surface area (TPSA) is 270 Å². The summed E-state index contributed by atoms with van der Waals surface area (Å²) < 4.78 is 33.3. The first kappa shape index (κ1) is 59.7. The highest BCUT2D eigenvalue weighted by atomic mass is 31.2. The van der Waals surface area contributed by atoms with E-state index in [1.54, 1.807) is 42.5 Å². The zero-order valence-electron chi connectivity index (χ0n) is 38.4. The van der Waals surface area contributed by atoms with Crippen LogP contribution >= 0.6 is 7.82 Å². The molecule has 1 rings (SSSR count). The van der Waals surface area contributed by atoms with Gasteiger partial charge in [0.05, 0.1) is 24.9 Å². The molecule has 0 amide bonds. The molecule has 0 aliphatic heterocycles. The highest BCUT2D eigenvalue weighted by Crippen LogP contribution is 2.47. The number of aliphatic hydroxyl groups excluding tert-OH is 8. The largest absolute Gasteiger partial charge is 0.472 e. The molecule has 9 unspecified atom stereocenters. The summed E-state index contributed by atoms with van der Waals surface area (Å²) in [6.07, 6.45) is 17.9. The van der Waals surface area contributed by atoms with Crippen molar-refractivity contribution < 1.29 is 78.4 Å². The summed E-state index contributed by atoms with van der Waals surface area (Å²) in [6, 6.07) is 0. The molecule has 0 saturated heterocycles.